The molecule has 0 saturated carbocycles. The molecule has 0 aliphatic rings. The molecular formula is C25H21NO4S. The molecule has 0 fully saturated rings. The van der Waals surface area contributed by atoms with Gasteiger partial charge in [0, 0.05) is 21.8 Å². The molecule has 0 atom stereocenters. The second-order valence-corrected chi connectivity index (χ2v) is 8.17. The Bertz CT molecular complexity index is 1240. The molecule has 0 unspecified atom stereocenters. The number of thioether (sulfide) groups is 1. The van der Waals surface area contributed by atoms with Crippen LogP contribution in [0.2, 0.25) is 0 Å². The fourth-order valence-electron chi connectivity index (χ4n) is 3.27. The highest BCUT2D eigenvalue weighted by atomic mass is 32.2. The molecule has 4 rings (SSSR count). The van der Waals surface area contributed by atoms with Crippen LogP contribution in [0.15, 0.2) is 76.1 Å². The predicted octanol–water partition coefficient (Wildman–Crippen LogP) is 5.78. The number of rotatable bonds is 7. The van der Waals surface area contributed by atoms with Crippen molar-refractivity contribution in [2.45, 2.75) is 24.5 Å². The van der Waals surface area contributed by atoms with Crippen LogP contribution in [0.5, 0.6) is 0 Å². The molecular weight excluding hydrogens is 410 g/mol. The van der Waals surface area contributed by atoms with Crippen LogP contribution in [0.4, 0.5) is 0 Å². The van der Waals surface area contributed by atoms with Crippen molar-refractivity contribution in [3.8, 4) is 0 Å². The van der Waals surface area contributed by atoms with E-state index < -0.39 is 5.97 Å². The van der Waals surface area contributed by atoms with Gasteiger partial charge in [-0.2, -0.15) is 0 Å². The molecule has 0 aliphatic carbocycles. The van der Waals surface area contributed by atoms with Gasteiger partial charge >= 0.3 is 5.97 Å². The van der Waals surface area contributed by atoms with E-state index in [2.05, 4.69) is 5.16 Å². The third kappa shape index (κ3) is 4.70. The Morgan fingerprint density at radius 3 is 2.48 bits per heavy atom. The topological polar surface area (TPSA) is 69.4 Å². The number of carbonyl (C=O) groups excluding carboxylic acids is 2. The first kappa shape index (κ1) is 20.9. The number of carbonyl (C=O) groups is 2. The molecule has 6 heteroatoms. The van der Waals surface area contributed by atoms with Crippen LogP contribution in [-0.4, -0.2) is 23.5 Å². The molecule has 1 aromatic heterocycles. The summed E-state index contributed by atoms with van der Waals surface area (Å²) < 4.78 is 10.6. The average Bonchev–Trinajstić information content (AvgIpc) is 3.12. The zero-order valence-electron chi connectivity index (χ0n) is 17.3. The fourth-order valence-corrected chi connectivity index (χ4v) is 4.47. The molecule has 4 aromatic rings. The first-order valence-electron chi connectivity index (χ1n) is 9.85. The monoisotopic (exact) mass is 431 g/mol. The lowest BCUT2D eigenvalue weighted by Crippen LogP contribution is -2.15. The summed E-state index contributed by atoms with van der Waals surface area (Å²) in [5.41, 5.74) is 2.81. The summed E-state index contributed by atoms with van der Waals surface area (Å²) in [4.78, 5) is 26.0. The van der Waals surface area contributed by atoms with Crippen LogP contribution in [0.25, 0.3) is 10.8 Å². The number of hydrogen-bond acceptors (Lipinski definition) is 6. The summed E-state index contributed by atoms with van der Waals surface area (Å²) in [6.45, 7) is 3.46. The number of esters is 1. The normalized spacial score (nSPS) is 10.9. The van der Waals surface area contributed by atoms with Crippen molar-refractivity contribution in [1.82, 2.24) is 5.16 Å². The minimum atomic E-state index is -0.518. The van der Waals surface area contributed by atoms with Crippen LogP contribution in [0.1, 0.15) is 37.7 Å². The third-order valence-electron chi connectivity index (χ3n) is 5.07. The largest absolute Gasteiger partial charge is 0.454 e. The Morgan fingerprint density at radius 1 is 0.968 bits per heavy atom. The molecule has 3 aromatic carbocycles. The van der Waals surface area contributed by atoms with E-state index >= 15 is 0 Å². The number of hydrogen-bond donors (Lipinski definition) is 0. The quantitative estimate of drug-likeness (QED) is 0.210. The zero-order chi connectivity index (χ0) is 21.8. The first-order valence-corrected chi connectivity index (χ1v) is 10.8. The Kier molecular flexibility index (Phi) is 6.18. The molecule has 1 heterocycles. The van der Waals surface area contributed by atoms with Crippen molar-refractivity contribution in [1.29, 1.82) is 0 Å². The van der Waals surface area contributed by atoms with Crippen molar-refractivity contribution >= 4 is 34.3 Å². The van der Waals surface area contributed by atoms with Gasteiger partial charge < -0.3 is 9.26 Å². The van der Waals surface area contributed by atoms with Crippen molar-refractivity contribution < 1.29 is 18.8 Å². The summed E-state index contributed by atoms with van der Waals surface area (Å²) in [6, 6.07) is 20.5. The van der Waals surface area contributed by atoms with Gasteiger partial charge in [-0.05, 0) is 42.8 Å². The molecule has 0 saturated heterocycles. The molecule has 0 spiro atoms. The minimum Gasteiger partial charge on any atom is -0.454 e. The molecule has 5 nitrogen and oxygen atoms in total. The van der Waals surface area contributed by atoms with Crippen LogP contribution in [0, 0.1) is 13.8 Å². The van der Waals surface area contributed by atoms with E-state index in [1.165, 1.54) is 11.8 Å². The van der Waals surface area contributed by atoms with Gasteiger partial charge in [0.1, 0.15) is 5.76 Å². The molecule has 0 bridgehead atoms. The van der Waals surface area contributed by atoms with E-state index in [0.29, 0.717) is 16.9 Å². The second kappa shape index (κ2) is 9.18. The van der Waals surface area contributed by atoms with Crippen molar-refractivity contribution in [3.05, 3.63) is 94.9 Å². The SMILES string of the molecule is Cc1noc(C)c1CSc1ccccc1C(=O)OCC(=O)c1ccc2ccccc2c1. The maximum absolute atomic E-state index is 12.7. The minimum absolute atomic E-state index is 0.236. The maximum atomic E-state index is 12.7. The van der Waals surface area contributed by atoms with Crippen molar-refractivity contribution in [3.63, 3.8) is 0 Å². The first-order chi connectivity index (χ1) is 15.0. The average molecular weight is 432 g/mol. The number of Topliss-reactive ketones (excluding diaryl/α,β-unsaturated/α-hetero) is 1. The van der Waals surface area contributed by atoms with E-state index in [1.807, 2.05) is 62.4 Å². The second-order valence-electron chi connectivity index (χ2n) is 7.15. The highest BCUT2D eigenvalue weighted by Crippen LogP contribution is 2.29. The van der Waals surface area contributed by atoms with E-state index in [4.69, 9.17) is 9.26 Å². The van der Waals surface area contributed by atoms with Gasteiger partial charge in [-0.25, -0.2) is 4.79 Å². The fraction of sp³-hybridized carbons (Fsp3) is 0.160. The van der Waals surface area contributed by atoms with Gasteiger partial charge in [0.2, 0.25) is 0 Å². The molecule has 31 heavy (non-hydrogen) atoms. The highest BCUT2D eigenvalue weighted by Gasteiger charge is 2.17. The maximum Gasteiger partial charge on any atom is 0.339 e. The van der Waals surface area contributed by atoms with E-state index in [0.717, 1.165) is 32.7 Å². The number of aromatic nitrogens is 1. The molecule has 0 aliphatic heterocycles. The van der Waals surface area contributed by atoms with E-state index in [-0.39, 0.29) is 12.4 Å². The molecule has 156 valence electrons. The molecule has 0 amide bonds. The van der Waals surface area contributed by atoms with Crippen LogP contribution in [0.3, 0.4) is 0 Å². The number of nitrogens with zero attached hydrogens (tertiary/aromatic N) is 1. The Balaban J connectivity index is 1.43. The molecule has 0 N–H and O–H groups in total. The lowest BCUT2D eigenvalue weighted by molar-refractivity contribution is 0.0471. The van der Waals surface area contributed by atoms with Gasteiger partial charge in [0.15, 0.2) is 12.4 Å². The Labute approximate surface area is 184 Å². The Hall–Kier alpha value is -3.38. The van der Waals surface area contributed by atoms with Crippen LogP contribution in [-0.2, 0) is 10.5 Å². The summed E-state index contributed by atoms with van der Waals surface area (Å²) in [7, 11) is 0. The zero-order valence-corrected chi connectivity index (χ0v) is 18.1. The van der Waals surface area contributed by atoms with E-state index in [1.54, 1.807) is 18.2 Å². The van der Waals surface area contributed by atoms with Gasteiger partial charge in [0.05, 0.1) is 11.3 Å². The highest BCUT2D eigenvalue weighted by molar-refractivity contribution is 7.98. The number of ether oxygens (including phenoxy) is 1. The van der Waals surface area contributed by atoms with Gasteiger partial charge in [-0.1, -0.05) is 53.7 Å². The smallest absolute Gasteiger partial charge is 0.339 e. The number of benzene rings is 3. The standard InChI is InChI=1S/C25H21NO4S/c1-16-22(17(2)30-26-16)15-31-24-10-6-5-9-21(24)25(28)29-14-23(27)20-12-11-18-7-3-4-8-19(18)13-20/h3-13H,14-15H2,1-2H3. The summed E-state index contributed by atoms with van der Waals surface area (Å²) in [5.74, 6) is 0.642. The lowest BCUT2D eigenvalue weighted by atomic mass is 10.0. The summed E-state index contributed by atoms with van der Waals surface area (Å²) in [5, 5.41) is 5.99. The summed E-state index contributed by atoms with van der Waals surface area (Å²) in [6.07, 6.45) is 0. The van der Waals surface area contributed by atoms with Gasteiger partial charge in [-0.15, -0.1) is 11.8 Å². The third-order valence-corrected chi connectivity index (χ3v) is 6.17. The number of ketones is 1. The van der Waals surface area contributed by atoms with Crippen LogP contribution < -0.4 is 0 Å². The van der Waals surface area contributed by atoms with E-state index in [9.17, 15) is 9.59 Å². The molecule has 0 radical (unpaired) electrons. The van der Waals surface area contributed by atoms with Crippen LogP contribution >= 0.6 is 11.8 Å². The van der Waals surface area contributed by atoms with Crippen molar-refractivity contribution in [2.75, 3.05) is 6.61 Å². The van der Waals surface area contributed by atoms with Crippen molar-refractivity contribution in [2.24, 2.45) is 0 Å². The van der Waals surface area contributed by atoms with Gasteiger partial charge in [-0.3, -0.25) is 4.79 Å². The lowest BCUT2D eigenvalue weighted by Gasteiger charge is -2.09. The van der Waals surface area contributed by atoms with Gasteiger partial charge in [0.25, 0.3) is 0 Å². The number of fused-ring (bicyclic) bond motifs is 1. The predicted molar refractivity (Wildman–Crippen MR) is 121 cm³/mol. The number of aryl methyl sites for hydroxylation is 2. The Morgan fingerprint density at radius 2 is 1.71 bits per heavy atom. The summed E-state index contributed by atoms with van der Waals surface area (Å²) >= 11 is 1.51.